The molecule has 0 heterocycles. The van der Waals surface area contributed by atoms with Crippen molar-refractivity contribution >= 4 is 61.1 Å². The second-order valence-electron chi connectivity index (χ2n) is 19.8. The first-order valence-electron chi connectivity index (χ1n) is 29.0. The fourth-order valence-corrected chi connectivity index (χ4v) is 26.3. The van der Waals surface area contributed by atoms with E-state index >= 15 is 0 Å². The average Bonchev–Trinajstić information content (AvgIpc) is 3.59. The van der Waals surface area contributed by atoms with Crippen molar-refractivity contribution in [1.82, 2.24) is 0 Å². The molecule has 0 aromatic heterocycles. The Kier molecular flexibility index (Phi) is 43.8. The van der Waals surface area contributed by atoms with Gasteiger partial charge in [-0.25, -0.2) is 0 Å². The molecule has 23 heteroatoms. The zero-order valence-electron chi connectivity index (χ0n) is 50.3. The molecule has 0 saturated heterocycles. The van der Waals surface area contributed by atoms with Crippen LogP contribution in [0.5, 0.6) is 0 Å². The normalized spacial score (nSPS) is 12.5. The molecule has 3 aromatic rings. The highest BCUT2D eigenvalue weighted by Crippen LogP contribution is 2.30. The summed E-state index contributed by atoms with van der Waals surface area (Å²) in [4.78, 5) is 0. The van der Waals surface area contributed by atoms with E-state index in [1.54, 1.807) is 0 Å². The van der Waals surface area contributed by atoms with E-state index in [1.807, 2.05) is 18.7 Å². The van der Waals surface area contributed by atoms with Crippen molar-refractivity contribution in [3.8, 4) is 0 Å². The van der Waals surface area contributed by atoms with Crippen molar-refractivity contribution in [2.45, 2.75) is 52.2 Å². The molecule has 0 aliphatic rings. The molecule has 0 bridgehead atoms. The van der Waals surface area contributed by atoms with Gasteiger partial charge in [0.05, 0.1) is 192 Å². The Bertz CT molecular complexity index is 1720. The summed E-state index contributed by atoms with van der Waals surface area (Å²) in [6.45, 7) is 31.3. The van der Waals surface area contributed by atoms with Gasteiger partial charge in [0.1, 0.15) is 0 Å². The Hall–Kier alpha value is -1.84. The third-order valence-corrected chi connectivity index (χ3v) is 29.2. The monoisotopic (exact) mass is 1230 g/mol. The minimum Gasteiger partial charge on any atom is -0.412 e. The van der Waals surface area contributed by atoms with Crippen LogP contribution in [0, 0.1) is 0 Å². The standard InChI is InChI=1S/C58H102O18SSi4/c1-8-59-24-25-60-26-27-61-28-29-62-30-31-63-32-33-64-34-35-65-36-37-66-38-39-67-40-41-68-42-43-69-44-45-70-46-47-71-48-49-72-50-51-73-52-53-77-54-55-81(74-78(2,3)56-18-12-9-13-19-56,75-79(4,5)57-20-14-10-15-21-57)76-80(6,7)58-22-16-11-17-23-58/h9-23H,8,24-55H2,1-7H3. The summed E-state index contributed by atoms with van der Waals surface area (Å²) in [5.41, 5.74) is 0. The quantitative estimate of drug-likeness (QED) is 0.0455. The predicted octanol–water partition coefficient (Wildman–Crippen LogP) is 6.31. The zero-order chi connectivity index (χ0) is 58.1. The highest BCUT2D eigenvalue weighted by molar-refractivity contribution is 7.99. The van der Waals surface area contributed by atoms with E-state index in [2.05, 4.69) is 130 Å². The summed E-state index contributed by atoms with van der Waals surface area (Å²) in [6, 6.07) is 32.6. The maximum atomic E-state index is 7.51. The number of ether oxygens (including phenoxy) is 15. The Morgan fingerprint density at radius 1 is 0.259 bits per heavy atom. The van der Waals surface area contributed by atoms with Crippen LogP contribution in [0.2, 0.25) is 45.3 Å². The van der Waals surface area contributed by atoms with E-state index in [4.69, 9.17) is 83.4 Å². The van der Waals surface area contributed by atoms with Gasteiger partial charge >= 0.3 is 8.80 Å². The van der Waals surface area contributed by atoms with Crippen LogP contribution >= 0.6 is 11.8 Å². The summed E-state index contributed by atoms with van der Waals surface area (Å²) in [6.07, 6.45) is 0. The molecule has 3 rings (SSSR count). The van der Waals surface area contributed by atoms with Gasteiger partial charge in [0.15, 0.2) is 0 Å². The minimum absolute atomic E-state index is 0.490. The van der Waals surface area contributed by atoms with E-state index in [0.717, 1.165) is 11.5 Å². The van der Waals surface area contributed by atoms with Crippen molar-refractivity contribution in [2.24, 2.45) is 0 Å². The van der Waals surface area contributed by atoms with Crippen molar-refractivity contribution in [2.75, 3.05) is 210 Å². The lowest BCUT2D eigenvalue weighted by Gasteiger charge is -2.45. The summed E-state index contributed by atoms with van der Waals surface area (Å²) in [5, 5.41) is 3.69. The number of hydrogen-bond acceptors (Lipinski definition) is 19. The van der Waals surface area contributed by atoms with Crippen LogP contribution in [0.25, 0.3) is 0 Å². The molecule has 0 spiro atoms. The molecule has 0 aliphatic carbocycles. The molecule has 0 unspecified atom stereocenters. The fourth-order valence-electron chi connectivity index (χ4n) is 7.72. The molecular formula is C58H102O18SSi4. The number of hydrogen-bond donors (Lipinski definition) is 0. The molecule has 0 aliphatic heterocycles. The van der Waals surface area contributed by atoms with Gasteiger partial charge in [0.2, 0.25) is 25.0 Å². The third kappa shape index (κ3) is 38.0. The molecule has 18 nitrogen and oxygen atoms in total. The molecule has 0 radical (unpaired) electrons. The van der Waals surface area contributed by atoms with Crippen LogP contribution in [-0.4, -0.2) is 243 Å². The summed E-state index contributed by atoms with van der Waals surface area (Å²) >= 11 is 1.86. The lowest BCUT2D eigenvalue weighted by Crippen LogP contribution is -2.68. The lowest BCUT2D eigenvalue weighted by atomic mass is 10.4. The molecule has 3 aromatic carbocycles. The van der Waals surface area contributed by atoms with Gasteiger partial charge in [0.25, 0.3) is 0 Å². The van der Waals surface area contributed by atoms with Crippen LogP contribution in [0.3, 0.4) is 0 Å². The van der Waals surface area contributed by atoms with Gasteiger partial charge in [-0.2, -0.15) is 11.8 Å². The zero-order valence-corrected chi connectivity index (χ0v) is 55.1. The third-order valence-electron chi connectivity index (χ3n) is 12.0. The first-order chi connectivity index (χ1) is 39.5. The number of thioether (sulfide) groups is 1. The second-order valence-corrected chi connectivity index (χ2v) is 36.1. The first-order valence-corrected chi connectivity index (χ1v) is 40.8. The van der Waals surface area contributed by atoms with Crippen LogP contribution < -0.4 is 15.6 Å². The van der Waals surface area contributed by atoms with Crippen molar-refractivity contribution in [3.63, 3.8) is 0 Å². The second kappa shape index (κ2) is 48.3. The molecule has 0 saturated carbocycles. The van der Waals surface area contributed by atoms with Crippen molar-refractivity contribution < 1.29 is 83.4 Å². The highest BCUT2D eigenvalue weighted by atomic mass is 32.2. The van der Waals surface area contributed by atoms with E-state index in [0.29, 0.717) is 204 Å². The Morgan fingerprint density at radius 3 is 0.667 bits per heavy atom. The van der Waals surface area contributed by atoms with Crippen molar-refractivity contribution in [3.05, 3.63) is 91.0 Å². The maximum absolute atomic E-state index is 7.51. The number of benzene rings is 3. The van der Waals surface area contributed by atoms with Gasteiger partial charge < -0.3 is 83.4 Å². The molecule has 81 heavy (non-hydrogen) atoms. The van der Waals surface area contributed by atoms with E-state index < -0.39 is 33.8 Å². The summed E-state index contributed by atoms with van der Waals surface area (Å²) in [7, 11) is -10.8. The fraction of sp³-hybridized carbons (Fsp3) is 0.690. The van der Waals surface area contributed by atoms with Crippen LogP contribution in [0.15, 0.2) is 91.0 Å². The van der Waals surface area contributed by atoms with E-state index in [1.165, 1.54) is 15.6 Å². The van der Waals surface area contributed by atoms with Crippen LogP contribution in [0.1, 0.15) is 6.92 Å². The smallest absolute Gasteiger partial charge is 0.412 e. The largest absolute Gasteiger partial charge is 0.471 e. The molecule has 0 atom stereocenters. The molecule has 0 N–H and O–H groups in total. The van der Waals surface area contributed by atoms with Crippen molar-refractivity contribution in [1.29, 1.82) is 0 Å². The lowest BCUT2D eigenvalue weighted by molar-refractivity contribution is -0.0299. The number of rotatable bonds is 58. The van der Waals surface area contributed by atoms with Crippen LogP contribution in [-0.2, 0) is 83.4 Å². The molecule has 0 amide bonds. The Labute approximate surface area is 495 Å². The van der Waals surface area contributed by atoms with Gasteiger partial charge in [-0.1, -0.05) is 91.0 Å². The Balaban J connectivity index is 1.08. The molecular weight excluding hydrogens is 1130 g/mol. The summed E-state index contributed by atoms with van der Waals surface area (Å²) in [5.74, 6) is 1.68. The van der Waals surface area contributed by atoms with Gasteiger partial charge in [-0.15, -0.1) is 0 Å². The highest BCUT2D eigenvalue weighted by Gasteiger charge is 2.53. The molecule has 0 fully saturated rings. The maximum Gasteiger partial charge on any atom is 0.471 e. The Morgan fingerprint density at radius 2 is 0.457 bits per heavy atom. The SMILES string of the molecule is CCOCCOCCOCCOCCOCCOCCOCCOCCOCCOCCOCCOCCOCCOCCOCCSCC[Si](O[Si](C)(C)c1ccccc1)(O[Si](C)(C)c1ccccc1)O[Si](C)(C)c1ccccc1. The van der Waals surface area contributed by atoms with Crippen LogP contribution in [0.4, 0.5) is 0 Å². The van der Waals surface area contributed by atoms with Gasteiger partial charge in [0, 0.05) is 18.4 Å². The first kappa shape index (κ1) is 73.4. The van der Waals surface area contributed by atoms with E-state index in [9.17, 15) is 0 Å². The molecule has 464 valence electrons. The minimum atomic E-state index is -3.32. The average molecular weight is 1230 g/mol. The topological polar surface area (TPSA) is 166 Å². The van der Waals surface area contributed by atoms with Gasteiger partial charge in [-0.3, -0.25) is 0 Å². The summed E-state index contributed by atoms with van der Waals surface area (Å²) < 4.78 is 106. The predicted molar refractivity (Wildman–Crippen MR) is 330 cm³/mol. The van der Waals surface area contributed by atoms with Gasteiger partial charge in [-0.05, 0) is 67.5 Å². The van der Waals surface area contributed by atoms with E-state index in [-0.39, 0.29) is 0 Å².